The van der Waals surface area contributed by atoms with E-state index in [1.165, 1.54) is 30.0 Å². The Kier molecular flexibility index (Phi) is 3.94. The predicted octanol–water partition coefficient (Wildman–Crippen LogP) is 2.03. The third-order valence-electron chi connectivity index (χ3n) is 5.11. The van der Waals surface area contributed by atoms with Crippen molar-refractivity contribution in [2.75, 3.05) is 19.0 Å². The molecule has 0 spiro atoms. The third kappa shape index (κ3) is 2.67. The zero-order valence-electron chi connectivity index (χ0n) is 12.3. The van der Waals surface area contributed by atoms with Gasteiger partial charge in [-0.05, 0) is 49.1 Å². The van der Waals surface area contributed by atoms with Gasteiger partial charge in [0, 0.05) is 13.6 Å². The van der Waals surface area contributed by atoms with Gasteiger partial charge in [0.15, 0.2) is 0 Å². The number of para-hydroxylation sites is 1. The van der Waals surface area contributed by atoms with Crippen molar-refractivity contribution in [1.82, 2.24) is 4.31 Å². The summed E-state index contributed by atoms with van der Waals surface area (Å²) >= 11 is 0. The number of hydrogen-bond donors (Lipinski definition) is 2. The molecule has 2 saturated carbocycles. The van der Waals surface area contributed by atoms with Crippen LogP contribution in [0.4, 0.5) is 5.69 Å². The number of rotatable bonds is 5. The van der Waals surface area contributed by atoms with E-state index in [-0.39, 0.29) is 4.90 Å². The molecule has 0 saturated heterocycles. The summed E-state index contributed by atoms with van der Waals surface area (Å²) in [5.74, 6) is 7.49. The van der Waals surface area contributed by atoms with E-state index in [0.29, 0.717) is 18.2 Å². The number of hydrazine groups is 1. The van der Waals surface area contributed by atoms with Gasteiger partial charge in [-0.1, -0.05) is 18.6 Å². The summed E-state index contributed by atoms with van der Waals surface area (Å²) in [6, 6.07) is 6.77. The van der Waals surface area contributed by atoms with Crippen LogP contribution < -0.4 is 11.3 Å². The van der Waals surface area contributed by atoms with Crippen LogP contribution in [0.15, 0.2) is 29.2 Å². The summed E-state index contributed by atoms with van der Waals surface area (Å²) in [6.07, 6.45) is 5.07. The van der Waals surface area contributed by atoms with E-state index in [2.05, 4.69) is 5.43 Å². The molecule has 21 heavy (non-hydrogen) atoms. The van der Waals surface area contributed by atoms with E-state index in [1.54, 1.807) is 31.3 Å². The summed E-state index contributed by atoms with van der Waals surface area (Å²) in [7, 11) is -1.82. The molecule has 3 atom stereocenters. The highest BCUT2D eigenvalue weighted by Gasteiger charge is 2.41. The maximum absolute atomic E-state index is 12.7. The number of anilines is 1. The average Bonchev–Trinajstić information content (AvgIpc) is 3.09. The fourth-order valence-electron chi connectivity index (χ4n) is 4.01. The van der Waals surface area contributed by atoms with Crippen molar-refractivity contribution in [2.24, 2.45) is 23.6 Å². The minimum atomic E-state index is -3.50. The summed E-state index contributed by atoms with van der Waals surface area (Å²) < 4.78 is 27.0. The van der Waals surface area contributed by atoms with Crippen LogP contribution >= 0.6 is 0 Å². The molecule has 1 aromatic carbocycles. The zero-order valence-corrected chi connectivity index (χ0v) is 13.1. The minimum Gasteiger partial charge on any atom is -0.323 e. The lowest BCUT2D eigenvalue weighted by atomic mass is 9.89. The first-order chi connectivity index (χ1) is 10.0. The minimum absolute atomic E-state index is 0.248. The van der Waals surface area contributed by atoms with Crippen molar-refractivity contribution in [2.45, 2.75) is 30.6 Å². The first-order valence-electron chi connectivity index (χ1n) is 7.54. The molecule has 3 rings (SSSR count). The molecule has 0 aromatic heterocycles. The third-order valence-corrected chi connectivity index (χ3v) is 6.99. The molecule has 6 heteroatoms. The highest BCUT2D eigenvalue weighted by Crippen LogP contribution is 2.48. The second-order valence-corrected chi connectivity index (χ2v) is 8.37. The molecule has 116 valence electrons. The number of nitrogens with zero attached hydrogens (tertiary/aromatic N) is 1. The van der Waals surface area contributed by atoms with Crippen molar-refractivity contribution in [3.05, 3.63) is 24.3 Å². The van der Waals surface area contributed by atoms with Crippen molar-refractivity contribution < 1.29 is 8.42 Å². The Labute approximate surface area is 126 Å². The molecule has 1 aromatic rings. The average molecular weight is 309 g/mol. The Hall–Kier alpha value is -1.11. The van der Waals surface area contributed by atoms with Gasteiger partial charge < -0.3 is 5.43 Å². The maximum atomic E-state index is 12.7. The number of benzene rings is 1. The number of nitrogens with two attached hydrogens (primary N) is 1. The first kappa shape index (κ1) is 14.8. The lowest BCUT2D eigenvalue weighted by Crippen LogP contribution is -2.34. The van der Waals surface area contributed by atoms with Crippen molar-refractivity contribution in [1.29, 1.82) is 0 Å². The van der Waals surface area contributed by atoms with Crippen molar-refractivity contribution in [3.63, 3.8) is 0 Å². The number of sulfonamides is 1. The van der Waals surface area contributed by atoms with Gasteiger partial charge in [-0.3, -0.25) is 5.84 Å². The van der Waals surface area contributed by atoms with E-state index in [1.807, 2.05) is 0 Å². The van der Waals surface area contributed by atoms with Crippen molar-refractivity contribution in [3.8, 4) is 0 Å². The fourth-order valence-corrected chi connectivity index (χ4v) is 5.39. The Morgan fingerprint density at radius 2 is 2.05 bits per heavy atom. The zero-order chi connectivity index (χ0) is 15.0. The second-order valence-electron chi connectivity index (χ2n) is 6.36. The Balaban J connectivity index is 1.78. The normalized spacial score (nSPS) is 28.2. The molecule has 0 aliphatic heterocycles. The van der Waals surface area contributed by atoms with E-state index >= 15 is 0 Å². The first-order valence-corrected chi connectivity index (χ1v) is 8.98. The van der Waals surface area contributed by atoms with Crippen molar-refractivity contribution >= 4 is 15.7 Å². The Morgan fingerprint density at radius 3 is 2.67 bits per heavy atom. The quantitative estimate of drug-likeness (QED) is 0.644. The van der Waals surface area contributed by atoms with E-state index in [0.717, 1.165) is 11.8 Å². The molecular formula is C15H23N3O2S. The number of nitrogen functional groups attached to an aromatic ring is 1. The van der Waals surface area contributed by atoms with Gasteiger partial charge in [-0.15, -0.1) is 0 Å². The molecule has 3 unspecified atom stereocenters. The number of nitrogens with one attached hydrogen (secondary N) is 1. The van der Waals surface area contributed by atoms with Crippen LogP contribution in [0.3, 0.4) is 0 Å². The fraction of sp³-hybridized carbons (Fsp3) is 0.600. The molecule has 0 heterocycles. The SMILES string of the molecule is CN(CC1CC2CCC1C2)S(=O)(=O)c1ccccc1NN. The molecule has 2 fully saturated rings. The van der Waals surface area contributed by atoms with Crippen LogP contribution in [0.5, 0.6) is 0 Å². The molecular weight excluding hydrogens is 286 g/mol. The molecule has 5 nitrogen and oxygen atoms in total. The highest BCUT2D eigenvalue weighted by molar-refractivity contribution is 7.89. The van der Waals surface area contributed by atoms with Crippen LogP contribution in [0.1, 0.15) is 25.7 Å². The van der Waals surface area contributed by atoms with Crippen LogP contribution in [0, 0.1) is 17.8 Å². The summed E-state index contributed by atoms with van der Waals surface area (Å²) in [5, 5.41) is 0. The lowest BCUT2D eigenvalue weighted by molar-refractivity contribution is 0.280. The Morgan fingerprint density at radius 1 is 1.29 bits per heavy atom. The number of fused-ring (bicyclic) bond motifs is 2. The largest absolute Gasteiger partial charge is 0.323 e. The highest BCUT2D eigenvalue weighted by atomic mass is 32.2. The standard InChI is InChI=1S/C15H23N3O2S/c1-18(10-13-9-11-6-7-12(13)8-11)21(19,20)15-5-3-2-4-14(15)17-16/h2-5,11-13,17H,6-10,16H2,1H3. The maximum Gasteiger partial charge on any atom is 0.244 e. The van der Waals surface area contributed by atoms with Gasteiger partial charge in [0.1, 0.15) is 4.90 Å². The van der Waals surface area contributed by atoms with Gasteiger partial charge in [-0.25, -0.2) is 12.7 Å². The summed E-state index contributed by atoms with van der Waals surface area (Å²) in [6.45, 7) is 0.613. The summed E-state index contributed by atoms with van der Waals surface area (Å²) in [4.78, 5) is 0.248. The van der Waals surface area contributed by atoms with Crippen LogP contribution in [0.2, 0.25) is 0 Å². The van der Waals surface area contributed by atoms with E-state index in [9.17, 15) is 8.42 Å². The van der Waals surface area contributed by atoms with Gasteiger partial charge in [-0.2, -0.15) is 0 Å². The van der Waals surface area contributed by atoms with E-state index < -0.39 is 10.0 Å². The predicted molar refractivity (Wildman–Crippen MR) is 83.0 cm³/mol. The molecule has 0 radical (unpaired) electrons. The topological polar surface area (TPSA) is 75.4 Å². The van der Waals surface area contributed by atoms with Gasteiger partial charge in [0.2, 0.25) is 10.0 Å². The van der Waals surface area contributed by atoms with E-state index in [4.69, 9.17) is 5.84 Å². The number of hydrogen-bond acceptors (Lipinski definition) is 4. The van der Waals surface area contributed by atoms with Gasteiger partial charge >= 0.3 is 0 Å². The van der Waals surface area contributed by atoms with Gasteiger partial charge in [0.25, 0.3) is 0 Å². The molecule has 3 N–H and O–H groups in total. The van der Waals surface area contributed by atoms with Crippen LogP contribution in [0.25, 0.3) is 0 Å². The molecule has 0 amide bonds. The lowest BCUT2D eigenvalue weighted by Gasteiger charge is -2.27. The Bertz CT molecular complexity index is 617. The monoisotopic (exact) mass is 309 g/mol. The molecule has 2 aliphatic carbocycles. The molecule has 2 aliphatic rings. The van der Waals surface area contributed by atoms with Crippen LogP contribution in [-0.4, -0.2) is 26.3 Å². The summed E-state index contributed by atoms with van der Waals surface area (Å²) in [5.41, 5.74) is 2.91. The molecule has 2 bridgehead atoms. The van der Waals surface area contributed by atoms with Gasteiger partial charge in [0.05, 0.1) is 5.69 Å². The smallest absolute Gasteiger partial charge is 0.244 e. The second kappa shape index (κ2) is 5.59. The van der Waals surface area contributed by atoms with Crippen LogP contribution in [-0.2, 0) is 10.0 Å².